The highest BCUT2D eigenvalue weighted by atomic mass is 15.2. The van der Waals surface area contributed by atoms with E-state index in [1.54, 1.807) is 0 Å². The Bertz CT molecular complexity index is 4310. The third-order valence-corrected chi connectivity index (χ3v) is 18.3. The minimum Gasteiger partial charge on any atom is -0.330 e. The van der Waals surface area contributed by atoms with Gasteiger partial charge in [0.05, 0.1) is 27.7 Å². The summed E-state index contributed by atoms with van der Waals surface area (Å²) in [7, 11) is 0. The van der Waals surface area contributed by atoms with Crippen LogP contribution in [-0.4, -0.2) is 10.1 Å². The lowest BCUT2D eigenvalue weighted by atomic mass is 9.48. The van der Waals surface area contributed by atoms with Gasteiger partial charge >= 0.3 is 0 Å². The predicted octanol–water partition coefficient (Wildman–Crippen LogP) is 18.5. The maximum Gasteiger partial charge on any atom is 0.0749 e. The topological polar surface area (TPSA) is 8.17 Å². The zero-order valence-electron chi connectivity index (χ0n) is 42.5. The second-order valence-electron chi connectivity index (χ2n) is 21.7. The van der Waals surface area contributed by atoms with Gasteiger partial charge in [0.25, 0.3) is 0 Å². The monoisotopic (exact) mass is 968 g/mol. The smallest absolute Gasteiger partial charge is 0.0749 e. The molecule has 1 aromatic heterocycles. The lowest BCUT2D eigenvalue weighted by Crippen LogP contribution is -2.62. The molecule has 0 fully saturated rings. The van der Waals surface area contributed by atoms with Crippen molar-refractivity contribution >= 4 is 49.9 Å². The molecule has 11 aromatic rings. The van der Waals surface area contributed by atoms with E-state index < -0.39 is 16.4 Å². The van der Waals surface area contributed by atoms with Gasteiger partial charge in [0.2, 0.25) is 0 Å². The summed E-state index contributed by atoms with van der Waals surface area (Å²) in [6, 6.07) is 93.1. The van der Waals surface area contributed by atoms with E-state index in [9.17, 15) is 0 Å². The van der Waals surface area contributed by atoms with Crippen LogP contribution in [0.3, 0.4) is 0 Å². The van der Waals surface area contributed by atoms with Crippen LogP contribution in [0.2, 0.25) is 0 Å². The van der Waals surface area contributed by atoms with E-state index in [0.717, 1.165) is 11.4 Å². The fourth-order valence-corrected chi connectivity index (χ4v) is 15.1. The number of para-hydroxylation sites is 2. The Kier molecular flexibility index (Phi) is 9.03. The quantitative estimate of drug-likeness (QED) is 0.167. The molecule has 1 aliphatic heterocycles. The number of hydrogen-bond acceptors (Lipinski definition) is 1. The number of allylic oxidation sites excluding steroid dienone is 5. The van der Waals surface area contributed by atoms with Crippen molar-refractivity contribution in [2.45, 2.75) is 24.8 Å². The van der Waals surface area contributed by atoms with Gasteiger partial charge in [-0.25, -0.2) is 0 Å². The van der Waals surface area contributed by atoms with Crippen LogP contribution in [0.4, 0.5) is 11.4 Å². The molecule has 5 aliphatic rings. The Labute approximate surface area is 444 Å². The summed E-state index contributed by atoms with van der Waals surface area (Å²) >= 11 is 0. The van der Waals surface area contributed by atoms with Crippen LogP contribution in [0.15, 0.2) is 279 Å². The summed E-state index contributed by atoms with van der Waals surface area (Å²) in [5.74, 6) is 0.00899. The first-order valence-electron chi connectivity index (χ1n) is 26.9. The maximum absolute atomic E-state index is 2.78. The molecule has 2 spiro atoms. The zero-order valence-corrected chi connectivity index (χ0v) is 42.5. The second kappa shape index (κ2) is 15.9. The Morgan fingerprint density at radius 2 is 0.921 bits per heavy atom. The molecule has 2 heteroatoms. The van der Waals surface area contributed by atoms with E-state index in [1.807, 2.05) is 0 Å². The van der Waals surface area contributed by atoms with Crippen LogP contribution in [0.1, 0.15) is 47.2 Å². The molecule has 0 saturated carbocycles. The van der Waals surface area contributed by atoms with Crippen molar-refractivity contribution in [3.8, 4) is 39.1 Å². The molecule has 16 rings (SSSR count). The summed E-state index contributed by atoms with van der Waals surface area (Å²) in [5.41, 5.74) is 24.9. The lowest BCUT2D eigenvalue weighted by Gasteiger charge is -2.63. The first-order valence-corrected chi connectivity index (χ1v) is 26.9. The molecule has 3 unspecified atom stereocenters. The molecule has 0 radical (unpaired) electrons. The highest BCUT2D eigenvalue weighted by Crippen LogP contribution is 2.72. The minimum atomic E-state index is -0.669. The fraction of sp³-hybridized carbons (Fsp3) is 0.0811. The van der Waals surface area contributed by atoms with E-state index in [2.05, 4.69) is 296 Å². The van der Waals surface area contributed by atoms with Crippen molar-refractivity contribution in [1.29, 1.82) is 0 Å². The van der Waals surface area contributed by atoms with Crippen LogP contribution in [-0.2, 0) is 5.41 Å². The molecular weight excluding hydrogens is 917 g/mol. The first kappa shape index (κ1) is 43.2. The normalized spacial score (nSPS) is 20.1. The van der Waals surface area contributed by atoms with Crippen LogP contribution in [0.25, 0.3) is 77.6 Å². The standard InChI is InChI=1S/C74H52N2/c1-48-56(53-37-40-61-60-29-15-19-33-69(60)75(70(61)45-53)54-24-10-5-11-25-54)42-43-64-62-41-36-52(50-22-8-4-9-23-50)44-71(62)76(55-38-34-51(35-39-55)49-20-6-3-7-21-49)72(2)47-68-63(46-73(48,64)72)59-28-14-18-32-67(59)74(68)65-30-16-12-26-57(65)58-27-13-17-31-66(58)74/h3-48H,1-2H3. The van der Waals surface area contributed by atoms with Gasteiger partial charge in [0.1, 0.15) is 0 Å². The average Bonchev–Trinajstić information content (AvgIpc) is 4.26. The predicted molar refractivity (Wildman–Crippen MR) is 317 cm³/mol. The van der Waals surface area contributed by atoms with Gasteiger partial charge in [0, 0.05) is 33.1 Å². The van der Waals surface area contributed by atoms with Gasteiger partial charge in [-0.2, -0.15) is 0 Å². The number of hydrogen-bond donors (Lipinski definition) is 0. The average molecular weight is 969 g/mol. The van der Waals surface area contributed by atoms with Gasteiger partial charge < -0.3 is 9.47 Å². The zero-order chi connectivity index (χ0) is 50.3. The van der Waals surface area contributed by atoms with E-state index in [-0.39, 0.29) is 5.92 Å². The van der Waals surface area contributed by atoms with Crippen molar-refractivity contribution in [2.24, 2.45) is 11.3 Å². The Morgan fingerprint density at radius 3 is 1.62 bits per heavy atom. The summed E-state index contributed by atoms with van der Waals surface area (Å²) in [4.78, 5) is 2.75. The largest absolute Gasteiger partial charge is 0.330 e. The molecule has 2 nitrogen and oxygen atoms in total. The van der Waals surface area contributed by atoms with E-state index >= 15 is 0 Å². The van der Waals surface area contributed by atoms with Crippen molar-refractivity contribution < 1.29 is 0 Å². The van der Waals surface area contributed by atoms with Crippen LogP contribution < -0.4 is 4.90 Å². The molecule has 358 valence electrons. The third kappa shape index (κ3) is 5.60. The van der Waals surface area contributed by atoms with Gasteiger partial charge in [-0.3, -0.25) is 0 Å². The molecule has 2 heterocycles. The lowest BCUT2D eigenvalue weighted by molar-refractivity contribution is 0.259. The highest BCUT2D eigenvalue weighted by molar-refractivity contribution is 6.11. The number of fused-ring (bicyclic) bond motifs is 15. The maximum atomic E-state index is 2.78. The molecule has 0 amide bonds. The van der Waals surface area contributed by atoms with E-state index in [1.165, 1.54) is 117 Å². The number of aromatic nitrogens is 1. The summed E-state index contributed by atoms with van der Waals surface area (Å²) in [5, 5.41) is 2.52. The van der Waals surface area contributed by atoms with Crippen LogP contribution >= 0.6 is 0 Å². The molecule has 10 aromatic carbocycles. The van der Waals surface area contributed by atoms with Gasteiger partial charge in [-0.05, 0) is 139 Å². The molecule has 3 atom stereocenters. The summed E-state index contributed by atoms with van der Waals surface area (Å²) in [6.07, 6.45) is 10.5. The SMILES string of the molecule is CC1C(c2ccc3c4ccccc4n(-c4ccccc4)c3c2)=CC=C2c3ccc(-c4ccccc4)cc3N(c3ccc(-c4ccccc4)cc3)C3(C)C=C4C(=CC213)c1ccccc1C41c2ccccc2-c2ccccc21. The number of anilines is 2. The summed E-state index contributed by atoms with van der Waals surface area (Å²) < 4.78 is 2.46. The van der Waals surface area contributed by atoms with Crippen LogP contribution in [0, 0.1) is 11.3 Å². The Morgan fingerprint density at radius 1 is 0.382 bits per heavy atom. The van der Waals surface area contributed by atoms with Crippen LogP contribution in [0.5, 0.6) is 0 Å². The highest BCUT2D eigenvalue weighted by Gasteiger charge is 2.65. The molecule has 4 aliphatic carbocycles. The number of rotatable bonds is 5. The third-order valence-electron chi connectivity index (χ3n) is 18.3. The first-order chi connectivity index (χ1) is 37.5. The van der Waals surface area contributed by atoms with E-state index in [0.29, 0.717) is 0 Å². The van der Waals surface area contributed by atoms with Crippen molar-refractivity contribution in [2.75, 3.05) is 4.90 Å². The van der Waals surface area contributed by atoms with Gasteiger partial charge in [-0.1, -0.05) is 237 Å². The van der Waals surface area contributed by atoms with Crippen molar-refractivity contribution in [1.82, 2.24) is 4.57 Å². The summed E-state index contributed by atoms with van der Waals surface area (Å²) in [6.45, 7) is 5.10. The number of nitrogens with zero attached hydrogens (tertiary/aromatic N) is 2. The van der Waals surface area contributed by atoms with E-state index in [4.69, 9.17) is 0 Å². The number of benzene rings is 10. The fourth-order valence-electron chi connectivity index (χ4n) is 15.1. The van der Waals surface area contributed by atoms with Gasteiger partial charge in [0.15, 0.2) is 0 Å². The molecular formula is C74H52N2. The molecule has 0 bridgehead atoms. The minimum absolute atomic E-state index is 0.00899. The second-order valence-corrected chi connectivity index (χ2v) is 21.7. The van der Waals surface area contributed by atoms with Crippen molar-refractivity contribution in [3.63, 3.8) is 0 Å². The Balaban J connectivity index is 1.00. The van der Waals surface area contributed by atoms with Gasteiger partial charge in [-0.15, -0.1) is 0 Å². The Hall–Kier alpha value is -9.24. The molecule has 0 N–H and O–H groups in total. The van der Waals surface area contributed by atoms with Crippen molar-refractivity contribution in [3.05, 3.63) is 312 Å². The molecule has 0 saturated heterocycles. The molecule has 76 heavy (non-hydrogen) atoms.